The van der Waals surface area contributed by atoms with Crippen molar-refractivity contribution in [1.29, 1.82) is 0 Å². The summed E-state index contributed by atoms with van der Waals surface area (Å²) in [5.41, 5.74) is 2.01. The van der Waals surface area contributed by atoms with Gasteiger partial charge in [0.15, 0.2) is 0 Å². The van der Waals surface area contributed by atoms with Crippen molar-refractivity contribution in [3.8, 4) is 0 Å². The molecule has 1 saturated heterocycles. The lowest BCUT2D eigenvalue weighted by molar-refractivity contribution is 0.0575. The summed E-state index contributed by atoms with van der Waals surface area (Å²) in [7, 11) is 4.15. The summed E-state index contributed by atoms with van der Waals surface area (Å²) in [5, 5.41) is 0. The normalized spacial score (nSPS) is 19.8. The SMILES string of the molecule is Cc1ccc(C(=O)N2CCCCC2CN(C)C)cc1. The van der Waals surface area contributed by atoms with Gasteiger partial charge in [-0.1, -0.05) is 17.7 Å². The molecule has 0 spiro atoms. The topological polar surface area (TPSA) is 23.6 Å². The molecule has 0 saturated carbocycles. The predicted molar refractivity (Wildman–Crippen MR) is 78.4 cm³/mol. The van der Waals surface area contributed by atoms with Crippen LogP contribution in [0.4, 0.5) is 0 Å². The van der Waals surface area contributed by atoms with Crippen LogP contribution in [0, 0.1) is 6.92 Å². The standard InChI is InChI=1S/C16H24N2O/c1-13-7-9-14(10-8-13)16(19)18-11-5-4-6-15(18)12-17(2)3/h7-10,15H,4-6,11-12H2,1-3H3. The van der Waals surface area contributed by atoms with Crippen LogP contribution < -0.4 is 0 Å². The maximum Gasteiger partial charge on any atom is 0.254 e. The molecule has 19 heavy (non-hydrogen) atoms. The van der Waals surface area contributed by atoms with E-state index in [1.165, 1.54) is 12.0 Å². The highest BCUT2D eigenvalue weighted by Crippen LogP contribution is 2.20. The van der Waals surface area contributed by atoms with Crippen molar-refractivity contribution in [2.24, 2.45) is 0 Å². The summed E-state index contributed by atoms with van der Waals surface area (Å²) >= 11 is 0. The van der Waals surface area contributed by atoms with Crippen LogP contribution in [-0.2, 0) is 0 Å². The lowest BCUT2D eigenvalue weighted by Gasteiger charge is -2.37. The van der Waals surface area contributed by atoms with Gasteiger partial charge in [0, 0.05) is 24.7 Å². The van der Waals surface area contributed by atoms with Gasteiger partial charge in [-0.15, -0.1) is 0 Å². The molecule has 1 heterocycles. The number of piperidine rings is 1. The van der Waals surface area contributed by atoms with Crippen LogP contribution in [0.1, 0.15) is 35.2 Å². The molecule has 1 atom stereocenters. The van der Waals surface area contributed by atoms with Gasteiger partial charge in [-0.05, 0) is 52.4 Å². The van der Waals surface area contributed by atoms with Gasteiger partial charge in [-0.25, -0.2) is 0 Å². The Kier molecular flexibility index (Phi) is 4.59. The maximum atomic E-state index is 12.6. The van der Waals surface area contributed by atoms with E-state index in [4.69, 9.17) is 0 Å². The number of benzene rings is 1. The molecule has 0 aromatic heterocycles. The van der Waals surface area contributed by atoms with Crippen LogP contribution >= 0.6 is 0 Å². The zero-order chi connectivity index (χ0) is 13.8. The second-order valence-corrected chi connectivity index (χ2v) is 5.78. The maximum absolute atomic E-state index is 12.6. The number of likely N-dealkylation sites (N-methyl/N-ethyl adjacent to an activating group) is 1. The number of rotatable bonds is 3. The number of likely N-dealkylation sites (tertiary alicyclic amines) is 1. The monoisotopic (exact) mass is 260 g/mol. The molecule has 104 valence electrons. The van der Waals surface area contributed by atoms with E-state index < -0.39 is 0 Å². The van der Waals surface area contributed by atoms with Gasteiger partial charge < -0.3 is 9.80 Å². The summed E-state index contributed by atoms with van der Waals surface area (Å²) < 4.78 is 0. The fourth-order valence-corrected chi connectivity index (χ4v) is 2.74. The van der Waals surface area contributed by atoms with Gasteiger partial charge in [0.2, 0.25) is 0 Å². The molecule has 3 nitrogen and oxygen atoms in total. The molecule has 1 fully saturated rings. The quantitative estimate of drug-likeness (QED) is 0.834. The van der Waals surface area contributed by atoms with E-state index >= 15 is 0 Å². The Balaban J connectivity index is 2.12. The number of aryl methyl sites for hydroxylation is 1. The Hall–Kier alpha value is -1.35. The van der Waals surface area contributed by atoms with Gasteiger partial charge in [0.1, 0.15) is 0 Å². The average molecular weight is 260 g/mol. The van der Waals surface area contributed by atoms with Crippen molar-refractivity contribution in [2.75, 3.05) is 27.2 Å². The minimum absolute atomic E-state index is 0.187. The highest BCUT2D eigenvalue weighted by atomic mass is 16.2. The summed E-state index contributed by atoms with van der Waals surface area (Å²) in [6.45, 7) is 3.90. The fraction of sp³-hybridized carbons (Fsp3) is 0.562. The molecule has 1 amide bonds. The molecular formula is C16H24N2O. The summed E-state index contributed by atoms with van der Waals surface area (Å²) in [5.74, 6) is 0.187. The molecule has 2 rings (SSSR count). The summed E-state index contributed by atoms with van der Waals surface area (Å²) in [4.78, 5) is 16.8. The van der Waals surface area contributed by atoms with E-state index in [1.54, 1.807) is 0 Å². The average Bonchev–Trinajstić information content (AvgIpc) is 2.39. The first-order chi connectivity index (χ1) is 9.08. The van der Waals surface area contributed by atoms with Crippen molar-refractivity contribution in [3.63, 3.8) is 0 Å². The van der Waals surface area contributed by atoms with Crippen molar-refractivity contribution in [2.45, 2.75) is 32.2 Å². The van der Waals surface area contributed by atoms with Crippen LogP contribution in [-0.4, -0.2) is 48.9 Å². The number of carbonyl (C=O) groups is 1. The highest BCUT2D eigenvalue weighted by molar-refractivity contribution is 5.94. The molecule has 3 heteroatoms. The van der Waals surface area contributed by atoms with Crippen LogP contribution in [0.15, 0.2) is 24.3 Å². The first kappa shape index (κ1) is 14.1. The Morgan fingerprint density at radius 3 is 2.58 bits per heavy atom. The highest BCUT2D eigenvalue weighted by Gasteiger charge is 2.27. The Morgan fingerprint density at radius 2 is 1.95 bits per heavy atom. The lowest BCUT2D eigenvalue weighted by atomic mass is 10.00. The van der Waals surface area contributed by atoms with Gasteiger partial charge in [0.05, 0.1) is 0 Å². The molecular weight excluding hydrogens is 236 g/mol. The van der Waals surface area contributed by atoms with Crippen molar-refractivity contribution in [3.05, 3.63) is 35.4 Å². The molecule has 1 aliphatic heterocycles. The third-order valence-corrected chi connectivity index (χ3v) is 3.76. The van der Waals surface area contributed by atoms with Crippen LogP contribution in [0.25, 0.3) is 0 Å². The number of carbonyl (C=O) groups excluding carboxylic acids is 1. The zero-order valence-electron chi connectivity index (χ0n) is 12.2. The molecule has 0 aliphatic carbocycles. The van der Waals surface area contributed by atoms with Crippen molar-refractivity contribution >= 4 is 5.91 Å². The van der Waals surface area contributed by atoms with Crippen LogP contribution in [0.2, 0.25) is 0 Å². The molecule has 1 aliphatic rings. The Bertz CT molecular complexity index is 425. The largest absolute Gasteiger partial charge is 0.334 e. The molecule has 1 aromatic rings. The van der Waals surface area contributed by atoms with E-state index in [0.29, 0.717) is 6.04 Å². The number of hydrogen-bond acceptors (Lipinski definition) is 2. The second kappa shape index (κ2) is 6.20. The van der Waals surface area contributed by atoms with Gasteiger partial charge >= 0.3 is 0 Å². The van der Waals surface area contributed by atoms with E-state index in [0.717, 1.165) is 31.5 Å². The molecule has 1 unspecified atom stereocenters. The summed E-state index contributed by atoms with van der Waals surface area (Å²) in [6.07, 6.45) is 3.48. The fourth-order valence-electron chi connectivity index (χ4n) is 2.74. The Labute approximate surface area is 116 Å². The minimum Gasteiger partial charge on any atom is -0.334 e. The molecule has 1 aromatic carbocycles. The van der Waals surface area contributed by atoms with Crippen molar-refractivity contribution < 1.29 is 4.79 Å². The van der Waals surface area contributed by atoms with Crippen molar-refractivity contribution in [1.82, 2.24) is 9.80 Å². The second-order valence-electron chi connectivity index (χ2n) is 5.78. The lowest BCUT2D eigenvalue weighted by Crippen LogP contribution is -2.48. The third kappa shape index (κ3) is 3.57. The van der Waals surface area contributed by atoms with Gasteiger partial charge in [-0.2, -0.15) is 0 Å². The number of nitrogens with zero attached hydrogens (tertiary/aromatic N) is 2. The Morgan fingerprint density at radius 1 is 1.26 bits per heavy atom. The summed E-state index contributed by atoms with van der Waals surface area (Å²) in [6, 6.07) is 8.27. The van der Waals surface area contributed by atoms with E-state index in [1.807, 2.05) is 31.2 Å². The van der Waals surface area contributed by atoms with Crippen LogP contribution in [0.3, 0.4) is 0 Å². The van der Waals surface area contributed by atoms with Crippen LogP contribution in [0.5, 0.6) is 0 Å². The number of amides is 1. The van der Waals surface area contributed by atoms with E-state index in [-0.39, 0.29) is 5.91 Å². The van der Waals surface area contributed by atoms with Gasteiger partial charge in [-0.3, -0.25) is 4.79 Å². The van der Waals surface area contributed by atoms with E-state index in [9.17, 15) is 4.79 Å². The number of hydrogen-bond donors (Lipinski definition) is 0. The zero-order valence-corrected chi connectivity index (χ0v) is 12.2. The third-order valence-electron chi connectivity index (χ3n) is 3.76. The molecule has 0 radical (unpaired) electrons. The first-order valence-electron chi connectivity index (χ1n) is 7.10. The van der Waals surface area contributed by atoms with Gasteiger partial charge in [0.25, 0.3) is 5.91 Å². The smallest absolute Gasteiger partial charge is 0.254 e. The predicted octanol–water partition coefficient (Wildman–Crippen LogP) is 2.55. The minimum atomic E-state index is 0.187. The molecule has 0 bridgehead atoms. The first-order valence-corrected chi connectivity index (χ1v) is 7.10. The van der Waals surface area contributed by atoms with E-state index in [2.05, 4.69) is 23.9 Å². The molecule has 0 N–H and O–H groups in total.